The lowest BCUT2D eigenvalue weighted by molar-refractivity contribution is -0.260. The van der Waals surface area contributed by atoms with E-state index in [4.69, 9.17) is 21.0 Å². The van der Waals surface area contributed by atoms with Gasteiger partial charge in [-0.3, -0.25) is 10.2 Å². The molecule has 0 radical (unpaired) electrons. The van der Waals surface area contributed by atoms with Gasteiger partial charge in [0.2, 0.25) is 17.6 Å². The highest BCUT2D eigenvalue weighted by Crippen LogP contribution is 2.35. The fraction of sp³-hybridized carbons (Fsp3) is 0.500. The molecule has 0 aromatic heterocycles. The lowest BCUT2D eigenvalue weighted by atomic mass is 9.87. The van der Waals surface area contributed by atoms with Crippen molar-refractivity contribution in [2.24, 2.45) is 0 Å². The first-order valence-corrected chi connectivity index (χ1v) is 7.96. The summed E-state index contributed by atoms with van der Waals surface area (Å²) in [6.07, 6.45) is 3.14. The van der Waals surface area contributed by atoms with Crippen LogP contribution in [-0.2, 0) is 19.6 Å². The molecule has 0 aromatic rings. The van der Waals surface area contributed by atoms with Gasteiger partial charge in [0.25, 0.3) is 0 Å². The molecule has 1 aliphatic carbocycles. The number of hydrogen-bond donors (Lipinski definition) is 4. The summed E-state index contributed by atoms with van der Waals surface area (Å²) in [7, 11) is 0. The molecule has 0 bridgehead atoms. The van der Waals surface area contributed by atoms with Gasteiger partial charge in [0.15, 0.2) is 0 Å². The Labute approximate surface area is 151 Å². The SMILES string of the molecule is C=C(CCOO)N(C(=C)OO)C1CCCCC1N(C(=C)OO)C(=C)OO. The van der Waals surface area contributed by atoms with Gasteiger partial charge >= 0.3 is 0 Å². The maximum atomic E-state index is 9.10. The molecule has 0 heterocycles. The van der Waals surface area contributed by atoms with Crippen LogP contribution in [0, 0.1) is 0 Å². The van der Waals surface area contributed by atoms with E-state index in [1.807, 2.05) is 0 Å². The second-order valence-corrected chi connectivity index (χ2v) is 5.76. The van der Waals surface area contributed by atoms with Gasteiger partial charge in [-0.2, -0.15) is 0 Å². The normalized spacial score (nSPS) is 19.2. The molecule has 2 atom stereocenters. The Balaban J connectivity index is 3.22. The van der Waals surface area contributed by atoms with E-state index in [2.05, 4.69) is 45.9 Å². The number of rotatable bonds is 12. The molecule has 4 N–H and O–H groups in total. The third-order valence-electron chi connectivity index (χ3n) is 4.30. The first-order chi connectivity index (χ1) is 12.4. The Bertz CT molecular complexity index is 508. The highest BCUT2D eigenvalue weighted by atomic mass is 17.1. The van der Waals surface area contributed by atoms with Crippen molar-refractivity contribution < 1.29 is 40.6 Å². The Morgan fingerprint density at radius 3 is 1.62 bits per heavy atom. The molecule has 10 heteroatoms. The Hall–Kier alpha value is -2.24. The van der Waals surface area contributed by atoms with Crippen LogP contribution in [0.3, 0.4) is 0 Å². The molecule has 0 spiro atoms. The van der Waals surface area contributed by atoms with E-state index in [1.165, 1.54) is 4.90 Å². The van der Waals surface area contributed by atoms with Crippen LogP contribution in [0.15, 0.2) is 49.7 Å². The zero-order valence-corrected chi connectivity index (χ0v) is 14.5. The molecule has 0 amide bonds. The lowest BCUT2D eigenvalue weighted by Gasteiger charge is -2.45. The minimum Gasteiger partial charge on any atom is -0.322 e. The minimum absolute atomic E-state index is 0.0198. The second-order valence-electron chi connectivity index (χ2n) is 5.76. The lowest BCUT2D eigenvalue weighted by Crippen LogP contribution is -2.52. The van der Waals surface area contributed by atoms with Crippen LogP contribution in [-0.4, -0.2) is 49.5 Å². The largest absolute Gasteiger partial charge is 0.322 e. The predicted molar refractivity (Wildman–Crippen MR) is 90.6 cm³/mol. The summed E-state index contributed by atoms with van der Waals surface area (Å²) >= 11 is 0. The zero-order chi connectivity index (χ0) is 19.7. The van der Waals surface area contributed by atoms with Crippen molar-refractivity contribution in [3.63, 3.8) is 0 Å². The van der Waals surface area contributed by atoms with Gasteiger partial charge in [-0.05, 0) is 32.6 Å². The second kappa shape index (κ2) is 10.7. The van der Waals surface area contributed by atoms with E-state index in [9.17, 15) is 0 Å². The standard InChI is InChI=1S/C16H26N2O8/c1-11(9-10-23-19)17(12(2)24-20)15-7-5-6-8-16(15)18(13(3)25-21)14(4)26-22/h15-16,19-22H,1-10H2. The molecule has 1 aliphatic rings. The quantitative estimate of drug-likeness (QED) is 0.230. The summed E-state index contributed by atoms with van der Waals surface area (Å²) in [6.45, 7) is 14.7. The van der Waals surface area contributed by atoms with E-state index in [1.54, 1.807) is 4.90 Å². The molecular formula is C16H26N2O8. The highest BCUT2D eigenvalue weighted by molar-refractivity contribution is 5.12. The van der Waals surface area contributed by atoms with Crippen molar-refractivity contribution in [3.05, 3.63) is 49.7 Å². The van der Waals surface area contributed by atoms with Crippen LogP contribution in [0.4, 0.5) is 0 Å². The third-order valence-corrected chi connectivity index (χ3v) is 4.30. The molecule has 0 saturated heterocycles. The molecule has 1 rings (SSSR count). The van der Waals surface area contributed by atoms with Gasteiger partial charge in [0.05, 0.1) is 18.7 Å². The fourth-order valence-corrected chi connectivity index (χ4v) is 3.21. The third kappa shape index (κ3) is 5.13. The maximum Gasteiger partial charge on any atom is 0.232 e. The van der Waals surface area contributed by atoms with E-state index in [-0.39, 0.29) is 36.7 Å². The Morgan fingerprint density at radius 1 is 0.769 bits per heavy atom. The van der Waals surface area contributed by atoms with Crippen molar-refractivity contribution in [2.75, 3.05) is 6.61 Å². The van der Waals surface area contributed by atoms with Crippen molar-refractivity contribution >= 4 is 0 Å². The van der Waals surface area contributed by atoms with E-state index >= 15 is 0 Å². The minimum atomic E-state index is -0.443. The van der Waals surface area contributed by atoms with Crippen LogP contribution >= 0.6 is 0 Å². The first kappa shape index (κ1) is 21.8. The molecule has 10 nitrogen and oxygen atoms in total. The molecule has 1 saturated carbocycles. The van der Waals surface area contributed by atoms with E-state index < -0.39 is 6.04 Å². The zero-order valence-electron chi connectivity index (χ0n) is 14.5. The average Bonchev–Trinajstić information content (AvgIpc) is 2.67. The van der Waals surface area contributed by atoms with Crippen LogP contribution in [0.2, 0.25) is 0 Å². The number of hydrogen-bond acceptors (Lipinski definition) is 10. The Morgan fingerprint density at radius 2 is 1.19 bits per heavy atom. The summed E-state index contributed by atoms with van der Waals surface area (Å²) < 4.78 is 0. The fourth-order valence-electron chi connectivity index (χ4n) is 3.21. The molecule has 2 unspecified atom stereocenters. The maximum absolute atomic E-state index is 9.10. The van der Waals surface area contributed by atoms with Crippen LogP contribution < -0.4 is 0 Å². The van der Waals surface area contributed by atoms with Gasteiger partial charge in [-0.25, -0.2) is 20.7 Å². The van der Waals surface area contributed by atoms with Crippen LogP contribution in [0.1, 0.15) is 32.1 Å². The smallest absolute Gasteiger partial charge is 0.232 e. The predicted octanol–water partition coefficient (Wildman–Crippen LogP) is 3.18. The average molecular weight is 374 g/mol. The molecule has 0 aliphatic heterocycles. The molecule has 148 valence electrons. The summed E-state index contributed by atoms with van der Waals surface area (Å²) in [5.41, 5.74) is 0.459. The summed E-state index contributed by atoms with van der Waals surface area (Å²) in [5, 5.41) is 35.7. The molecular weight excluding hydrogens is 348 g/mol. The summed E-state index contributed by atoms with van der Waals surface area (Å²) in [6, 6.07) is -0.824. The Kier molecular flexibility index (Phi) is 8.96. The number of nitrogens with zero attached hydrogens (tertiary/aromatic N) is 2. The van der Waals surface area contributed by atoms with Crippen molar-refractivity contribution in [1.82, 2.24) is 9.80 Å². The summed E-state index contributed by atoms with van der Waals surface area (Å²) in [4.78, 5) is 19.7. The summed E-state index contributed by atoms with van der Waals surface area (Å²) in [5.74, 6) is -0.502. The van der Waals surface area contributed by atoms with Crippen molar-refractivity contribution in [3.8, 4) is 0 Å². The van der Waals surface area contributed by atoms with E-state index in [0.717, 1.165) is 12.8 Å². The van der Waals surface area contributed by atoms with Crippen LogP contribution in [0.5, 0.6) is 0 Å². The van der Waals surface area contributed by atoms with Gasteiger partial charge in [0, 0.05) is 12.1 Å². The first-order valence-electron chi connectivity index (χ1n) is 7.96. The van der Waals surface area contributed by atoms with Gasteiger partial charge < -0.3 is 19.6 Å². The van der Waals surface area contributed by atoms with Crippen molar-refractivity contribution in [1.29, 1.82) is 0 Å². The van der Waals surface area contributed by atoms with Crippen molar-refractivity contribution in [2.45, 2.75) is 44.2 Å². The monoisotopic (exact) mass is 374 g/mol. The van der Waals surface area contributed by atoms with E-state index in [0.29, 0.717) is 18.5 Å². The van der Waals surface area contributed by atoms with Crippen LogP contribution in [0.25, 0.3) is 0 Å². The molecule has 1 fully saturated rings. The van der Waals surface area contributed by atoms with Gasteiger partial charge in [-0.15, -0.1) is 0 Å². The van der Waals surface area contributed by atoms with Gasteiger partial charge in [0.1, 0.15) is 0 Å². The van der Waals surface area contributed by atoms with Gasteiger partial charge in [-0.1, -0.05) is 19.4 Å². The highest BCUT2D eigenvalue weighted by Gasteiger charge is 2.39. The molecule has 26 heavy (non-hydrogen) atoms. The topological polar surface area (TPSA) is 124 Å². The molecule has 0 aromatic carbocycles.